The van der Waals surface area contributed by atoms with E-state index in [9.17, 15) is 4.79 Å². The highest BCUT2D eigenvalue weighted by Gasteiger charge is 2.01. The number of hydrogen-bond donors (Lipinski definition) is 0. The number of carbonyl (C=O) groups excluding carboxylic acids is 1. The Morgan fingerprint density at radius 2 is 2.33 bits per heavy atom. The number of methoxy groups -OCH3 is 1. The fourth-order valence-corrected chi connectivity index (χ4v) is 0.118. The first kappa shape index (κ1) is 5.34. The van der Waals surface area contributed by atoms with Gasteiger partial charge in [0.2, 0.25) is 0 Å². The monoisotopic (exact) mass is 87.0 g/mol. The van der Waals surface area contributed by atoms with Crippen molar-refractivity contribution in [3.8, 4) is 0 Å². The molecule has 0 radical (unpaired) electrons. The smallest absolute Gasteiger partial charge is 0.433 e. The zero-order chi connectivity index (χ0) is 4.99. The van der Waals surface area contributed by atoms with Crippen LogP contribution in [-0.4, -0.2) is 13.1 Å². The molecule has 0 amide bonds. The van der Waals surface area contributed by atoms with E-state index in [0.717, 1.165) is 0 Å². The van der Waals surface area contributed by atoms with Crippen molar-refractivity contribution in [1.82, 2.24) is 0 Å². The molecule has 0 rings (SSSR count). The van der Waals surface area contributed by atoms with Crippen molar-refractivity contribution >= 4 is 5.97 Å². The molecule has 0 saturated heterocycles. The Morgan fingerprint density at radius 3 is 2.33 bits per heavy atom. The first-order chi connectivity index (χ1) is 2.81. The molecule has 2 heteroatoms. The zero-order valence-corrected chi connectivity index (χ0v) is 3.89. The van der Waals surface area contributed by atoms with Crippen LogP contribution in [0.5, 0.6) is 0 Å². The van der Waals surface area contributed by atoms with Crippen LogP contribution in [0.1, 0.15) is 6.92 Å². The Kier molecular flexibility index (Phi) is 2.29. The summed E-state index contributed by atoms with van der Waals surface area (Å²) in [5.74, 6) is -0.282. The average Bonchev–Trinajstić information content (AvgIpc) is 1.65. The van der Waals surface area contributed by atoms with E-state index in [0.29, 0.717) is 0 Å². The fourth-order valence-electron chi connectivity index (χ4n) is 0.118. The molecule has 0 aliphatic heterocycles. The first-order valence-electron chi connectivity index (χ1n) is 1.68. The van der Waals surface area contributed by atoms with Gasteiger partial charge in [-0.1, -0.05) is 0 Å². The minimum atomic E-state index is -0.282. The third kappa shape index (κ3) is 1.64. The third-order valence-electron chi connectivity index (χ3n) is 0.437. The molecule has 2 nitrogen and oxygen atoms in total. The van der Waals surface area contributed by atoms with Gasteiger partial charge in [-0.3, -0.25) is 0 Å². The third-order valence-corrected chi connectivity index (χ3v) is 0.437. The quantitative estimate of drug-likeness (QED) is 0.341. The molecule has 0 saturated carbocycles. The van der Waals surface area contributed by atoms with Gasteiger partial charge >= 0.3 is 5.97 Å². The summed E-state index contributed by atoms with van der Waals surface area (Å²) in [7, 11) is 1.35. The van der Waals surface area contributed by atoms with Crippen molar-refractivity contribution in [2.75, 3.05) is 7.11 Å². The Hall–Kier alpha value is -0.660. The second-order valence-corrected chi connectivity index (χ2v) is 0.812. The lowest BCUT2D eigenvalue weighted by Crippen LogP contribution is -1.95. The molecule has 0 unspecified atom stereocenters. The highest BCUT2D eigenvalue weighted by molar-refractivity contribution is 5.77. The summed E-state index contributed by atoms with van der Waals surface area (Å²) in [6.45, 7) is 1.63. The van der Waals surface area contributed by atoms with Crippen molar-refractivity contribution in [1.29, 1.82) is 0 Å². The maximum atomic E-state index is 9.90. The lowest BCUT2D eigenvalue weighted by Gasteiger charge is -1.77. The molecule has 0 aromatic carbocycles. The molecule has 0 atom stereocenters. The number of carbonyl (C=O) groups is 1. The van der Waals surface area contributed by atoms with Gasteiger partial charge in [0.05, 0.1) is 14.0 Å². The van der Waals surface area contributed by atoms with Crippen molar-refractivity contribution in [2.24, 2.45) is 0 Å². The van der Waals surface area contributed by atoms with Gasteiger partial charge in [0.25, 0.3) is 0 Å². The molecular weight excluding hydrogens is 80.0 g/mol. The number of hydrogen-bond acceptors (Lipinski definition) is 2. The average molecular weight is 87.1 g/mol. The fraction of sp³-hybridized carbons (Fsp3) is 0.500. The van der Waals surface area contributed by atoms with Gasteiger partial charge in [0.1, 0.15) is 0 Å². The summed E-state index contributed by atoms with van der Waals surface area (Å²) in [6.07, 6.45) is 1.36. The maximum Gasteiger partial charge on any atom is 0.495 e. The molecule has 0 aliphatic rings. The van der Waals surface area contributed by atoms with E-state index in [2.05, 4.69) is 4.74 Å². The van der Waals surface area contributed by atoms with Crippen molar-refractivity contribution < 1.29 is 9.53 Å². The van der Waals surface area contributed by atoms with Gasteiger partial charge in [0.15, 0.2) is 6.42 Å². The zero-order valence-electron chi connectivity index (χ0n) is 3.89. The van der Waals surface area contributed by atoms with Gasteiger partial charge in [-0.2, -0.15) is 4.79 Å². The normalized spacial score (nSPS) is 7.00. The van der Waals surface area contributed by atoms with Crippen LogP contribution in [0.25, 0.3) is 0 Å². The molecule has 0 aliphatic carbocycles. The summed E-state index contributed by atoms with van der Waals surface area (Å²) in [6, 6.07) is 0. The summed E-state index contributed by atoms with van der Waals surface area (Å²) >= 11 is 0. The van der Waals surface area contributed by atoms with Crippen molar-refractivity contribution in [2.45, 2.75) is 6.92 Å². The van der Waals surface area contributed by atoms with Crippen LogP contribution >= 0.6 is 0 Å². The van der Waals surface area contributed by atoms with E-state index < -0.39 is 0 Å². The largest absolute Gasteiger partial charge is 0.495 e. The van der Waals surface area contributed by atoms with Crippen LogP contribution < -0.4 is 0 Å². The SMILES string of the molecule is C[CH+]C(=O)OC. The molecule has 0 spiro atoms. The lowest BCUT2D eigenvalue weighted by atomic mass is 10.5. The predicted octanol–water partition coefficient (Wildman–Crippen LogP) is 0.384. The standard InChI is InChI=1S/C4H7O2/c1-3-4(5)6-2/h3H,1-2H3/q+1. The molecule has 6 heavy (non-hydrogen) atoms. The number of rotatable bonds is 1. The lowest BCUT2D eigenvalue weighted by molar-refractivity contribution is -0.136. The molecule has 34 valence electrons. The maximum absolute atomic E-state index is 9.90. The van der Waals surface area contributed by atoms with Crippen molar-refractivity contribution in [3.63, 3.8) is 0 Å². The molecule has 0 aromatic rings. The summed E-state index contributed by atoms with van der Waals surface area (Å²) in [5.41, 5.74) is 0. The van der Waals surface area contributed by atoms with E-state index in [1.807, 2.05) is 0 Å². The van der Waals surface area contributed by atoms with E-state index in [1.165, 1.54) is 13.5 Å². The highest BCUT2D eigenvalue weighted by atomic mass is 16.5. The summed E-state index contributed by atoms with van der Waals surface area (Å²) < 4.78 is 4.20. The summed E-state index contributed by atoms with van der Waals surface area (Å²) in [5, 5.41) is 0. The molecule has 0 aromatic heterocycles. The van der Waals surface area contributed by atoms with E-state index in [1.54, 1.807) is 6.92 Å². The Labute approximate surface area is 37.1 Å². The second-order valence-electron chi connectivity index (χ2n) is 0.812. The van der Waals surface area contributed by atoms with E-state index >= 15 is 0 Å². The van der Waals surface area contributed by atoms with Crippen molar-refractivity contribution in [3.05, 3.63) is 6.42 Å². The molecule has 0 fully saturated rings. The van der Waals surface area contributed by atoms with Crippen LogP contribution in [0.15, 0.2) is 0 Å². The van der Waals surface area contributed by atoms with Crippen LogP contribution in [0.3, 0.4) is 0 Å². The molecule has 0 heterocycles. The Balaban J connectivity index is 2.99. The van der Waals surface area contributed by atoms with Gasteiger partial charge in [-0.05, 0) is 0 Å². The van der Waals surface area contributed by atoms with Gasteiger partial charge < -0.3 is 4.74 Å². The molecule has 0 bridgehead atoms. The van der Waals surface area contributed by atoms with Gasteiger partial charge in [0, 0.05) is 0 Å². The topological polar surface area (TPSA) is 26.3 Å². The Bertz CT molecular complexity index is 43.5. The number of ether oxygens (including phenoxy) is 1. The Morgan fingerprint density at radius 1 is 1.83 bits per heavy atom. The summed E-state index contributed by atoms with van der Waals surface area (Å²) in [4.78, 5) is 9.90. The van der Waals surface area contributed by atoms with E-state index in [-0.39, 0.29) is 5.97 Å². The molecular formula is C4H7O2+. The van der Waals surface area contributed by atoms with Gasteiger partial charge in [-0.25, -0.2) is 0 Å². The molecule has 0 N–H and O–H groups in total. The van der Waals surface area contributed by atoms with Gasteiger partial charge in [-0.15, -0.1) is 0 Å². The van der Waals surface area contributed by atoms with Crippen LogP contribution in [0.2, 0.25) is 0 Å². The second kappa shape index (κ2) is 2.57. The van der Waals surface area contributed by atoms with Crippen LogP contribution in [-0.2, 0) is 9.53 Å². The number of esters is 1. The minimum Gasteiger partial charge on any atom is -0.433 e. The first-order valence-corrected chi connectivity index (χ1v) is 1.68. The minimum absolute atomic E-state index is 0.282. The van der Waals surface area contributed by atoms with Crippen LogP contribution in [0.4, 0.5) is 0 Å². The predicted molar refractivity (Wildman–Crippen MR) is 22.0 cm³/mol. The van der Waals surface area contributed by atoms with E-state index in [4.69, 9.17) is 0 Å². The highest BCUT2D eigenvalue weighted by Crippen LogP contribution is 1.74. The van der Waals surface area contributed by atoms with Crippen LogP contribution in [0, 0.1) is 6.42 Å².